The Morgan fingerprint density at radius 3 is 2.47 bits per heavy atom. The number of oxazole rings is 1. The van der Waals surface area contributed by atoms with E-state index < -0.39 is 0 Å². The highest BCUT2D eigenvalue weighted by Crippen LogP contribution is 2.33. The van der Waals surface area contributed by atoms with Crippen LogP contribution in [0.25, 0.3) is 11.5 Å². The number of hydrogen-bond acceptors (Lipinski definition) is 5. The average Bonchev–Trinajstić information content (AvgIpc) is 3.31. The lowest BCUT2D eigenvalue weighted by molar-refractivity contribution is 0.317. The van der Waals surface area contributed by atoms with Crippen molar-refractivity contribution >= 4 is 5.71 Å². The number of aryl methyl sites for hydroxylation is 2. The third-order valence-corrected chi connectivity index (χ3v) is 5.30. The van der Waals surface area contributed by atoms with Crippen molar-refractivity contribution in [3.05, 3.63) is 107 Å². The van der Waals surface area contributed by atoms with Gasteiger partial charge in [-0.25, -0.2) is 4.98 Å². The molecule has 0 radical (unpaired) electrons. The summed E-state index contributed by atoms with van der Waals surface area (Å²) in [6.07, 6.45) is 5.51. The van der Waals surface area contributed by atoms with E-state index in [0.29, 0.717) is 18.0 Å². The van der Waals surface area contributed by atoms with Crippen LogP contribution in [-0.4, -0.2) is 20.9 Å². The molecule has 0 saturated heterocycles. The van der Waals surface area contributed by atoms with E-state index in [1.165, 1.54) is 11.1 Å². The molecule has 0 amide bonds. The van der Waals surface area contributed by atoms with Gasteiger partial charge < -0.3 is 9.62 Å². The van der Waals surface area contributed by atoms with Gasteiger partial charge in [-0.05, 0) is 54.8 Å². The summed E-state index contributed by atoms with van der Waals surface area (Å²) in [4.78, 5) is 8.47. The molecule has 5 nitrogen and oxygen atoms in total. The Hall–Kier alpha value is -3.73. The van der Waals surface area contributed by atoms with Crippen LogP contribution in [0.3, 0.4) is 0 Å². The third kappa shape index (κ3) is 4.15. The molecule has 0 aliphatic heterocycles. The standard InChI is InChI=1S/C25H23N3O2/c1-17-5-3-4-6-22(17)23(16-24(28-29)21-11-12-26-18(2)15-21)19-7-9-20(10-8-19)25-27-13-14-30-25/h3-15,23,29H,16H2,1-2H3/t23-/m1/s1. The van der Waals surface area contributed by atoms with Crippen LogP contribution in [0.1, 0.15) is 40.3 Å². The summed E-state index contributed by atoms with van der Waals surface area (Å²) in [5.41, 5.74) is 6.84. The SMILES string of the molecule is Cc1cc(C(C[C@H](c2ccc(-c3ncco3)cc2)c2ccccc2C)=NO)ccn1. The summed E-state index contributed by atoms with van der Waals surface area (Å²) in [6.45, 7) is 4.04. The molecule has 0 aliphatic rings. The molecule has 2 heterocycles. The summed E-state index contributed by atoms with van der Waals surface area (Å²) < 4.78 is 5.41. The van der Waals surface area contributed by atoms with Crippen molar-refractivity contribution in [3.8, 4) is 11.5 Å². The normalized spacial score (nSPS) is 12.7. The topological polar surface area (TPSA) is 71.5 Å². The zero-order valence-electron chi connectivity index (χ0n) is 17.0. The van der Waals surface area contributed by atoms with Crippen LogP contribution < -0.4 is 0 Å². The van der Waals surface area contributed by atoms with Gasteiger partial charge in [0.2, 0.25) is 5.89 Å². The lowest BCUT2D eigenvalue weighted by atomic mass is 9.83. The predicted molar refractivity (Wildman–Crippen MR) is 117 cm³/mol. The Labute approximate surface area is 175 Å². The Morgan fingerprint density at radius 2 is 1.80 bits per heavy atom. The zero-order chi connectivity index (χ0) is 20.9. The van der Waals surface area contributed by atoms with Crippen molar-refractivity contribution in [2.24, 2.45) is 5.16 Å². The lowest BCUT2D eigenvalue weighted by Gasteiger charge is -2.21. The summed E-state index contributed by atoms with van der Waals surface area (Å²) in [7, 11) is 0. The van der Waals surface area contributed by atoms with Gasteiger partial charge in [0, 0.05) is 35.4 Å². The fourth-order valence-corrected chi connectivity index (χ4v) is 3.74. The van der Waals surface area contributed by atoms with E-state index in [4.69, 9.17) is 4.42 Å². The van der Waals surface area contributed by atoms with Crippen molar-refractivity contribution in [3.63, 3.8) is 0 Å². The molecule has 4 rings (SSSR count). The quantitative estimate of drug-likeness (QED) is 0.255. The molecule has 30 heavy (non-hydrogen) atoms. The second kappa shape index (κ2) is 8.74. The molecule has 0 spiro atoms. The molecular weight excluding hydrogens is 374 g/mol. The van der Waals surface area contributed by atoms with Crippen molar-refractivity contribution in [2.45, 2.75) is 26.2 Å². The number of oxime groups is 1. The van der Waals surface area contributed by atoms with Gasteiger partial charge in [0.15, 0.2) is 0 Å². The van der Waals surface area contributed by atoms with E-state index in [1.54, 1.807) is 18.7 Å². The van der Waals surface area contributed by atoms with Crippen LogP contribution in [-0.2, 0) is 0 Å². The van der Waals surface area contributed by atoms with E-state index in [9.17, 15) is 5.21 Å². The molecule has 0 bridgehead atoms. The van der Waals surface area contributed by atoms with Crippen molar-refractivity contribution in [1.29, 1.82) is 0 Å². The number of hydrogen-bond donors (Lipinski definition) is 1. The minimum atomic E-state index is 0.0316. The Bertz CT molecular complexity index is 1150. The van der Waals surface area contributed by atoms with Crippen LogP contribution >= 0.6 is 0 Å². The molecule has 4 aromatic rings. The maximum atomic E-state index is 9.80. The largest absolute Gasteiger partial charge is 0.445 e. The fourth-order valence-electron chi connectivity index (χ4n) is 3.74. The average molecular weight is 397 g/mol. The molecule has 1 N–H and O–H groups in total. The second-order valence-electron chi connectivity index (χ2n) is 7.31. The Morgan fingerprint density at radius 1 is 1.00 bits per heavy atom. The third-order valence-electron chi connectivity index (χ3n) is 5.30. The predicted octanol–water partition coefficient (Wildman–Crippen LogP) is 5.75. The van der Waals surface area contributed by atoms with E-state index in [-0.39, 0.29) is 5.92 Å². The summed E-state index contributed by atoms with van der Waals surface area (Å²) >= 11 is 0. The summed E-state index contributed by atoms with van der Waals surface area (Å²) in [5, 5.41) is 13.4. The summed E-state index contributed by atoms with van der Waals surface area (Å²) in [5.74, 6) is 0.628. The summed E-state index contributed by atoms with van der Waals surface area (Å²) in [6, 6.07) is 20.3. The molecular formula is C25H23N3O2. The van der Waals surface area contributed by atoms with Crippen LogP contribution in [0.4, 0.5) is 0 Å². The number of benzene rings is 2. The van der Waals surface area contributed by atoms with Gasteiger partial charge in [0.1, 0.15) is 6.26 Å². The highest BCUT2D eigenvalue weighted by Gasteiger charge is 2.20. The van der Waals surface area contributed by atoms with E-state index >= 15 is 0 Å². The van der Waals surface area contributed by atoms with Crippen molar-refractivity contribution < 1.29 is 9.62 Å². The van der Waals surface area contributed by atoms with Gasteiger partial charge in [-0.2, -0.15) is 0 Å². The van der Waals surface area contributed by atoms with Gasteiger partial charge in [0.05, 0.1) is 11.9 Å². The van der Waals surface area contributed by atoms with Gasteiger partial charge in [-0.3, -0.25) is 4.98 Å². The maximum absolute atomic E-state index is 9.80. The molecule has 0 fully saturated rings. The molecule has 1 atom stereocenters. The van der Waals surface area contributed by atoms with E-state index in [2.05, 4.69) is 46.3 Å². The Balaban J connectivity index is 1.73. The van der Waals surface area contributed by atoms with Gasteiger partial charge in [0.25, 0.3) is 0 Å². The van der Waals surface area contributed by atoms with E-state index in [1.807, 2.05) is 43.3 Å². The first kappa shape index (κ1) is 19.6. The van der Waals surface area contributed by atoms with Gasteiger partial charge in [-0.15, -0.1) is 0 Å². The fraction of sp³-hybridized carbons (Fsp3) is 0.160. The van der Waals surface area contributed by atoms with Gasteiger partial charge in [-0.1, -0.05) is 41.6 Å². The smallest absolute Gasteiger partial charge is 0.225 e. The Kier molecular flexibility index (Phi) is 5.70. The molecule has 150 valence electrons. The van der Waals surface area contributed by atoms with Crippen LogP contribution in [0, 0.1) is 13.8 Å². The number of pyridine rings is 1. The van der Waals surface area contributed by atoms with Crippen molar-refractivity contribution in [2.75, 3.05) is 0 Å². The van der Waals surface area contributed by atoms with E-state index in [0.717, 1.165) is 22.4 Å². The molecule has 0 unspecified atom stereocenters. The van der Waals surface area contributed by atoms with Gasteiger partial charge >= 0.3 is 0 Å². The molecule has 0 aliphatic carbocycles. The maximum Gasteiger partial charge on any atom is 0.225 e. The molecule has 2 aromatic carbocycles. The highest BCUT2D eigenvalue weighted by atomic mass is 16.4. The second-order valence-corrected chi connectivity index (χ2v) is 7.31. The molecule has 2 aromatic heterocycles. The highest BCUT2D eigenvalue weighted by molar-refractivity contribution is 6.01. The lowest BCUT2D eigenvalue weighted by Crippen LogP contribution is -2.12. The molecule has 5 heteroatoms. The minimum Gasteiger partial charge on any atom is -0.445 e. The van der Waals surface area contributed by atoms with Crippen LogP contribution in [0.5, 0.6) is 0 Å². The number of nitrogens with zero attached hydrogens (tertiary/aromatic N) is 3. The first-order valence-electron chi connectivity index (χ1n) is 9.85. The minimum absolute atomic E-state index is 0.0316. The van der Waals surface area contributed by atoms with Crippen LogP contribution in [0.2, 0.25) is 0 Å². The number of aromatic nitrogens is 2. The first-order valence-corrected chi connectivity index (χ1v) is 9.85. The van der Waals surface area contributed by atoms with Crippen molar-refractivity contribution in [1.82, 2.24) is 9.97 Å². The first-order chi connectivity index (χ1) is 14.7. The number of rotatable bonds is 6. The monoisotopic (exact) mass is 397 g/mol. The zero-order valence-corrected chi connectivity index (χ0v) is 17.0. The van der Waals surface area contributed by atoms with Crippen LogP contribution in [0.15, 0.2) is 88.9 Å². The molecule has 0 saturated carbocycles.